The molecule has 4 rings (SSSR count). The van der Waals surface area contributed by atoms with E-state index in [1.807, 2.05) is 0 Å². The smallest absolute Gasteiger partial charge is 0.365 e. The largest absolute Gasteiger partial charge is 0.468 e. The van der Waals surface area contributed by atoms with Crippen molar-refractivity contribution in [1.29, 1.82) is 0 Å². The number of esters is 1. The predicted octanol–water partition coefficient (Wildman–Crippen LogP) is 1.02. The number of tetrazole rings is 1. The van der Waals surface area contributed by atoms with Crippen LogP contribution in [0, 0.1) is 10.8 Å². The summed E-state index contributed by atoms with van der Waals surface area (Å²) < 4.78 is 6.01. The van der Waals surface area contributed by atoms with E-state index in [9.17, 15) is 14.4 Å². The Morgan fingerprint density at radius 3 is 2.42 bits per heavy atom. The van der Waals surface area contributed by atoms with Gasteiger partial charge in [0.1, 0.15) is 5.41 Å². The van der Waals surface area contributed by atoms with E-state index in [1.165, 1.54) is 7.11 Å². The molecule has 9 nitrogen and oxygen atoms in total. The molecule has 2 aliphatic carbocycles. The highest BCUT2D eigenvalue weighted by atomic mass is 16.5. The molecule has 1 aromatic heterocycles. The Kier molecular flexibility index (Phi) is 3.67. The van der Waals surface area contributed by atoms with Crippen molar-refractivity contribution in [1.82, 2.24) is 20.2 Å². The third kappa shape index (κ3) is 2.42. The fourth-order valence-electron chi connectivity index (χ4n) is 4.16. The molecule has 136 valence electrons. The second-order valence-corrected chi connectivity index (χ2v) is 7.20. The van der Waals surface area contributed by atoms with Crippen molar-refractivity contribution < 1.29 is 14.3 Å². The SMILES string of the molecule is COC(=O)C1(C(=O)Nc2ccc(-n3nn[nH]c3=O)cc2)CC2(CCC2)C1. The Morgan fingerprint density at radius 2 is 1.92 bits per heavy atom. The van der Waals surface area contributed by atoms with Gasteiger partial charge >= 0.3 is 11.7 Å². The summed E-state index contributed by atoms with van der Waals surface area (Å²) in [4.78, 5) is 36.6. The summed E-state index contributed by atoms with van der Waals surface area (Å²) in [6, 6.07) is 6.57. The summed E-state index contributed by atoms with van der Waals surface area (Å²) in [6.07, 6.45) is 4.39. The summed E-state index contributed by atoms with van der Waals surface area (Å²) in [5.74, 6) is -0.813. The molecular formula is C17H19N5O4. The molecule has 1 spiro atoms. The first-order chi connectivity index (χ1) is 12.5. The minimum absolute atomic E-state index is 0.142. The molecule has 2 N–H and O–H groups in total. The van der Waals surface area contributed by atoms with Crippen molar-refractivity contribution in [2.45, 2.75) is 32.1 Å². The Balaban J connectivity index is 1.51. The lowest BCUT2D eigenvalue weighted by molar-refractivity contribution is -0.181. The van der Waals surface area contributed by atoms with Gasteiger partial charge < -0.3 is 10.1 Å². The Morgan fingerprint density at radius 1 is 1.23 bits per heavy atom. The number of nitrogens with one attached hydrogen (secondary N) is 2. The molecule has 0 atom stereocenters. The number of aromatic nitrogens is 4. The number of carbonyl (C=O) groups is 2. The van der Waals surface area contributed by atoms with Crippen LogP contribution >= 0.6 is 0 Å². The van der Waals surface area contributed by atoms with Crippen molar-refractivity contribution in [3.8, 4) is 5.69 Å². The number of carbonyl (C=O) groups excluding carboxylic acids is 2. The van der Waals surface area contributed by atoms with Crippen molar-refractivity contribution in [3.05, 3.63) is 34.7 Å². The van der Waals surface area contributed by atoms with E-state index in [2.05, 4.69) is 20.8 Å². The molecule has 1 aromatic carbocycles. The van der Waals surface area contributed by atoms with E-state index < -0.39 is 17.1 Å². The molecule has 0 unspecified atom stereocenters. The van der Waals surface area contributed by atoms with Crippen molar-refractivity contribution in [2.75, 3.05) is 12.4 Å². The average molecular weight is 357 g/mol. The summed E-state index contributed by atoms with van der Waals surface area (Å²) in [6.45, 7) is 0. The second-order valence-electron chi connectivity index (χ2n) is 7.20. The highest BCUT2D eigenvalue weighted by molar-refractivity contribution is 6.10. The van der Waals surface area contributed by atoms with Crippen LogP contribution in [0.3, 0.4) is 0 Å². The quantitative estimate of drug-likeness (QED) is 0.623. The fourth-order valence-corrected chi connectivity index (χ4v) is 4.16. The van der Waals surface area contributed by atoms with Crippen LogP contribution < -0.4 is 11.0 Å². The maximum atomic E-state index is 12.8. The lowest BCUT2D eigenvalue weighted by atomic mass is 9.45. The van der Waals surface area contributed by atoms with Gasteiger partial charge in [-0.2, -0.15) is 4.68 Å². The lowest BCUT2D eigenvalue weighted by Crippen LogP contribution is -2.60. The highest BCUT2D eigenvalue weighted by Crippen LogP contribution is 2.65. The third-order valence-electron chi connectivity index (χ3n) is 5.62. The van der Waals surface area contributed by atoms with E-state index in [0.717, 1.165) is 23.9 Å². The normalized spacial score (nSPS) is 19.3. The first-order valence-electron chi connectivity index (χ1n) is 8.49. The molecule has 26 heavy (non-hydrogen) atoms. The summed E-state index contributed by atoms with van der Waals surface area (Å²) >= 11 is 0. The van der Waals surface area contributed by atoms with E-state index in [-0.39, 0.29) is 11.3 Å². The topological polar surface area (TPSA) is 119 Å². The van der Waals surface area contributed by atoms with Crippen LogP contribution in [0.1, 0.15) is 32.1 Å². The number of anilines is 1. The number of nitrogens with zero attached hydrogens (tertiary/aromatic N) is 3. The molecular weight excluding hydrogens is 338 g/mol. The minimum Gasteiger partial charge on any atom is -0.468 e. The van der Waals surface area contributed by atoms with Crippen LogP contribution in [-0.4, -0.2) is 39.2 Å². The molecule has 0 saturated heterocycles. The fraction of sp³-hybridized carbons (Fsp3) is 0.471. The van der Waals surface area contributed by atoms with E-state index in [0.29, 0.717) is 24.2 Å². The standard InChI is InChI=1S/C17H19N5O4/c1-26-14(24)17(9-16(10-17)7-2-8-16)13(23)18-11-3-5-12(6-4-11)22-15(25)19-20-21-22/h3-6H,2,7-10H2,1H3,(H,18,23)(H,19,21,25). The van der Waals surface area contributed by atoms with E-state index in [4.69, 9.17) is 4.74 Å². The second kappa shape index (κ2) is 5.79. The Hall–Kier alpha value is -2.97. The zero-order chi connectivity index (χ0) is 18.4. The summed E-state index contributed by atoms with van der Waals surface area (Å²) in [5, 5.41) is 12.1. The first kappa shape index (κ1) is 16.5. The number of H-pyrrole nitrogens is 1. The minimum atomic E-state index is -1.10. The van der Waals surface area contributed by atoms with Gasteiger partial charge in [-0.3, -0.25) is 9.59 Å². The number of rotatable bonds is 4. The molecule has 0 bridgehead atoms. The van der Waals surface area contributed by atoms with Crippen molar-refractivity contribution in [3.63, 3.8) is 0 Å². The molecule has 2 fully saturated rings. The van der Waals surface area contributed by atoms with Gasteiger partial charge in [0.05, 0.1) is 12.8 Å². The highest BCUT2D eigenvalue weighted by Gasteiger charge is 2.65. The zero-order valence-electron chi connectivity index (χ0n) is 14.3. The van der Waals surface area contributed by atoms with Gasteiger partial charge in [-0.25, -0.2) is 9.89 Å². The molecule has 2 saturated carbocycles. The lowest BCUT2D eigenvalue weighted by Gasteiger charge is -2.58. The van der Waals surface area contributed by atoms with Crippen LogP contribution in [-0.2, 0) is 14.3 Å². The molecule has 0 radical (unpaired) electrons. The summed E-state index contributed by atoms with van der Waals surface area (Å²) in [7, 11) is 1.31. The molecule has 9 heteroatoms. The maximum Gasteiger partial charge on any atom is 0.365 e. The van der Waals surface area contributed by atoms with Gasteiger partial charge in [-0.15, -0.1) is 0 Å². The van der Waals surface area contributed by atoms with Crippen molar-refractivity contribution >= 4 is 17.6 Å². The Labute approximate surface area is 148 Å². The number of aromatic amines is 1. The number of methoxy groups -OCH3 is 1. The average Bonchev–Trinajstić information content (AvgIpc) is 2.99. The Bertz CT molecular complexity index is 902. The molecule has 1 heterocycles. The molecule has 2 aromatic rings. The van der Waals surface area contributed by atoms with Crippen LogP contribution in [0.5, 0.6) is 0 Å². The number of benzene rings is 1. The molecule has 0 aliphatic heterocycles. The zero-order valence-corrected chi connectivity index (χ0v) is 14.3. The van der Waals surface area contributed by atoms with Crippen molar-refractivity contribution in [2.24, 2.45) is 10.8 Å². The summed E-state index contributed by atoms with van der Waals surface area (Å²) in [5.41, 5.74) is -0.359. The van der Waals surface area contributed by atoms with Crippen LogP contribution in [0.4, 0.5) is 5.69 Å². The number of hydrogen-bond donors (Lipinski definition) is 2. The number of hydrogen-bond acceptors (Lipinski definition) is 6. The monoisotopic (exact) mass is 357 g/mol. The van der Waals surface area contributed by atoms with Crippen LogP contribution in [0.15, 0.2) is 29.1 Å². The van der Waals surface area contributed by atoms with Crippen LogP contribution in [0.2, 0.25) is 0 Å². The third-order valence-corrected chi connectivity index (χ3v) is 5.62. The molecule has 1 amide bonds. The predicted molar refractivity (Wildman–Crippen MR) is 90.6 cm³/mol. The van der Waals surface area contributed by atoms with Gasteiger partial charge in [-0.05, 0) is 65.8 Å². The molecule has 2 aliphatic rings. The van der Waals surface area contributed by atoms with Gasteiger partial charge in [0.2, 0.25) is 5.91 Å². The van der Waals surface area contributed by atoms with Crippen LogP contribution in [0.25, 0.3) is 5.69 Å². The first-order valence-corrected chi connectivity index (χ1v) is 8.49. The van der Waals surface area contributed by atoms with Gasteiger partial charge in [0.15, 0.2) is 0 Å². The maximum absolute atomic E-state index is 12.8. The van der Waals surface area contributed by atoms with Gasteiger partial charge in [0.25, 0.3) is 0 Å². The number of amides is 1. The van der Waals surface area contributed by atoms with E-state index in [1.54, 1.807) is 24.3 Å². The van der Waals surface area contributed by atoms with Gasteiger partial charge in [0, 0.05) is 5.69 Å². The van der Waals surface area contributed by atoms with E-state index >= 15 is 0 Å². The van der Waals surface area contributed by atoms with Gasteiger partial charge in [-0.1, -0.05) is 6.42 Å². The number of ether oxygens (including phenoxy) is 1.